The number of hydrogen-bond donors (Lipinski definition) is 1. The van der Waals surface area contributed by atoms with E-state index in [9.17, 15) is 13.9 Å². The lowest BCUT2D eigenvalue weighted by atomic mass is 9.91. The maximum Gasteiger partial charge on any atom is 0.129 e. The minimum Gasteiger partial charge on any atom is -0.392 e. The molecule has 1 aliphatic rings. The van der Waals surface area contributed by atoms with E-state index in [1.165, 1.54) is 23.8 Å². The van der Waals surface area contributed by atoms with E-state index in [1.54, 1.807) is 0 Å². The minimum absolute atomic E-state index is 0.0114. The van der Waals surface area contributed by atoms with E-state index in [2.05, 4.69) is 0 Å². The van der Waals surface area contributed by atoms with Crippen molar-refractivity contribution in [3.8, 4) is 0 Å². The van der Waals surface area contributed by atoms with Crippen molar-refractivity contribution in [3.05, 3.63) is 70.8 Å². The lowest BCUT2D eigenvalue weighted by molar-refractivity contribution is 0.141. The Morgan fingerprint density at radius 1 is 1.05 bits per heavy atom. The number of aliphatic hydroxyl groups excluding tert-OH is 1. The van der Waals surface area contributed by atoms with Crippen molar-refractivity contribution >= 4 is 0 Å². The van der Waals surface area contributed by atoms with Gasteiger partial charge in [0, 0.05) is 17.9 Å². The van der Waals surface area contributed by atoms with Crippen molar-refractivity contribution in [2.45, 2.75) is 31.3 Å². The van der Waals surface area contributed by atoms with Gasteiger partial charge >= 0.3 is 0 Å². The van der Waals surface area contributed by atoms with Gasteiger partial charge in [-0.3, -0.25) is 0 Å². The zero-order valence-electron chi connectivity index (χ0n) is 11.0. The molecule has 3 heteroatoms. The van der Waals surface area contributed by atoms with Gasteiger partial charge in [0.05, 0.1) is 6.10 Å². The maximum atomic E-state index is 13.6. The van der Waals surface area contributed by atoms with Gasteiger partial charge in [0.2, 0.25) is 0 Å². The fourth-order valence-electron chi connectivity index (χ4n) is 3.07. The van der Waals surface area contributed by atoms with E-state index in [-0.39, 0.29) is 17.9 Å². The first-order valence-corrected chi connectivity index (χ1v) is 6.85. The molecule has 2 atom stereocenters. The Morgan fingerprint density at radius 3 is 2.50 bits per heavy atom. The SMILES string of the molecule is OC(Cc1c(F)cccc1F)C1CCc2ccccc21. The number of rotatable bonds is 3. The van der Waals surface area contributed by atoms with Crippen LogP contribution in [0.15, 0.2) is 42.5 Å². The van der Waals surface area contributed by atoms with E-state index in [4.69, 9.17) is 0 Å². The summed E-state index contributed by atoms with van der Waals surface area (Å²) in [5, 5.41) is 10.4. The highest BCUT2D eigenvalue weighted by Crippen LogP contribution is 2.36. The quantitative estimate of drug-likeness (QED) is 0.906. The Hall–Kier alpha value is -1.74. The van der Waals surface area contributed by atoms with Crippen LogP contribution in [0, 0.1) is 11.6 Å². The molecule has 2 unspecified atom stereocenters. The Bertz CT molecular complexity index is 604. The van der Waals surface area contributed by atoms with Crippen molar-refractivity contribution in [1.29, 1.82) is 0 Å². The van der Waals surface area contributed by atoms with Crippen molar-refractivity contribution < 1.29 is 13.9 Å². The van der Waals surface area contributed by atoms with Gasteiger partial charge in [0.1, 0.15) is 11.6 Å². The van der Waals surface area contributed by atoms with Crippen LogP contribution < -0.4 is 0 Å². The molecule has 2 aromatic carbocycles. The third kappa shape index (κ3) is 2.34. The molecule has 0 saturated carbocycles. The highest BCUT2D eigenvalue weighted by molar-refractivity contribution is 5.36. The van der Waals surface area contributed by atoms with Crippen LogP contribution in [0.25, 0.3) is 0 Å². The third-order valence-electron chi connectivity index (χ3n) is 4.12. The monoisotopic (exact) mass is 274 g/mol. The van der Waals surface area contributed by atoms with E-state index in [0.29, 0.717) is 0 Å². The number of benzene rings is 2. The molecule has 0 aromatic heterocycles. The highest BCUT2D eigenvalue weighted by atomic mass is 19.1. The lowest BCUT2D eigenvalue weighted by Gasteiger charge is -2.20. The highest BCUT2D eigenvalue weighted by Gasteiger charge is 2.29. The van der Waals surface area contributed by atoms with Gasteiger partial charge in [-0.25, -0.2) is 8.78 Å². The van der Waals surface area contributed by atoms with E-state index in [0.717, 1.165) is 18.4 Å². The second kappa shape index (κ2) is 5.33. The molecule has 1 N–H and O–H groups in total. The van der Waals surface area contributed by atoms with E-state index >= 15 is 0 Å². The summed E-state index contributed by atoms with van der Waals surface area (Å²) in [6.45, 7) is 0. The maximum absolute atomic E-state index is 13.6. The van der Waals surface area contributed by atoms with Gasteiger partial charge in [-0.05, 0) is 36.1 Å². The molecule has 0 aliphatic heterocycles. The number of aryl methyl sites for hydroxylation is 1. The van der Waals surface area contributed by atoms with Crippen LogP contribution in [0.1, 0.15) is 29.0 Å². The summed E-state index contributed by atoms with van der Waals surface area (Å²) in [7, 11) is 0. The van der Waals surface area contributed by atoms with Gasteiger partial charge < -0.3 is 5.11 Å². The molecule has 104 valence electrons. The van der Waals surface area contributed by atoms with Crippen LogP contribution in [0.5, 0.6) is 0 Å². The van der Waals surface area contributed by atoms with Crippen LogP contribution in [-0.4, -0.2) is 11.2 Å². The van der Waals surface area contributed by atoms with Crippen LogP contribution in [0.4, 0.5) is 8.78 Å². The fourth-order valence-corrected chi connectivity index (χ4v) is 3.07. The number of hydrogen-bond acceptors (Lipinski definition) is 1. The fraction of sp³-hybridized carbons (Fsp3) is 0.294. The Labute approximate surface area is 116 Å². The molecule has 1 aliphatic carbocycles. The zero-order valence-corrected chi connectivity index (χ0v) is 11.0. The molecule has 3 rings (SSSR count). The molecule has 2 aromatic rings. The summed E-state index contributed by atoms with van der Waals surface area (Å²) in [4.78, 5) is 0. The average molecular weight is 274 g/mol. The van der Waals surface area contributed by atoms with Gasteiger partial charge in [0.25, 0.3) is 0 Å². The smallest absolute Gasteiger partial charge is 0.129 e. The first kappa shape index (κ1) is 13.3. The number of fused-ring (bicyclic) bond motifs is 1. The molecule has 0 fully saturated rings. The molecule has 1 nitrogen and oxygen atoms in total. The molecular formula is C17H16F2O. The van der Waals surface area contributed by atoms with Crippen molar-refractivity contribution in [2.24, 2.45) is 0 Å². The standard InChI is InChI=1S/C17H16F2O/c18-15-6-3-7-16(19)14(15)10-17(20)13-9-8-11-4-1-2-5-12(11)13/h1-7,13,17,20H,8-10H2. The Balaban J connectivity index is 1.83. The summed E-state index contributed by atoms with van der Waals surface area (Å²) in [6, 6.07) is 11.8. The molecule has 0 heterocycles. The van der Waals surface area contributed by atoms with E-state index < -0.39 is 17.7 Å². The lowest BCUT2D eigenvalue weighted by Crippen LogP contribution is -2.20. The normalized spacial score (nSPS) is 18.9. The summed E-state index contributed by atoms with van der Waals surface area (Å²) in [6.07, 6.45) is 0.996. The number of aliphatic hydroxyl groups is 1. The topological polar surface area (TPSA) is 20.2 Å². The van der Waals surface area contributed by atoms with Gasteiger partial charge in [-0.2, -0.15) is 0 Å². The first-order valence-electron chi connectivity index (χ1n) is 6.85. The van der Waals surface area contributed by atoms with E-state index in [1.807, 2.05) is 24.3 Å². The van der Waals surface area contributed by atoms with Gasteiger partial charge in [0.15, 0.2) is 0 Å². The number of halogens is 2. The molecule has 0 spiro atoms. The van der Waals surface area contributed by atoms with Crippen LogP contribution in [0.3, 0.4) is 0 Å². The zero-order chi connectivity index (χ0) is 14.1. The second-order valence-electron chi connectivity index (χ2n) is 5.32. The first-order chi connectivity index (χ1) is 9.66. The van der Waals surface area contributed by atoms with Crippen molar-refractivity contribution in [2.75, 3.05) is 0 Å². The molecule has 0 bridgehead atoms. The second-order valence-corrected chi connectivity index (χ2v) is 5.32. The molecule has 20 heavy (non-hydrogen) atoms. The Morgan fingerprint density at radius 2 is 1.75 bits per heavy atom. The van der Waals surface area contributed by atoms with Crippen molar-refractivity contribution in [1.82, 2.24) is 0 Å². The molecule has 0 radical (unpaired) electrons. The van der Waals surface area contributed by atoms with Gasteiger partial charge in [-0.15, -0.1) is 0 Å². The predicted octanol–water partition coefficient (Wildman–Crippen LogP) is 3.60. The van der Waals surface area contributed by atoms with Crippen LogP contribution in [-0.2, 0) is 12.8 Å². The van der Waals surface area contributed by atoms with Crippen LogP contribution >= 0.6 is 0 Å². The minimum atomic E-state index is -0.759. The molecule has 0 amide bonds. The third-order valence-corrected chi connectivity index (χ3v) is 4.12. The molecular weight excluding hydrogens is 258 g/mol. The summed E-state index contributed by atoms with van der Waals surface area (Å²) in [5.41, 5.74) is 2.31. The Kier molecular flexibility index (Phi) is 3.53. The van der Waals surface area contributed by atoms with Crippen molar-refractivity contribution in [3.63, 3.8) is 0 Å². The summed E-state index contributed by atoms with van der Waals surface area (Å²) < 4.78 is 27.3. The average Bonchev–Trinajstić information content (AvgIpc) is 2.87. The molecule has 0 saturated heterocycles. The summed E-state index contributed by atoms with van der Waals surface area (Å²) >= 11 is 0. The van der Waals surface area contributed by atoms with Crippen LogP contribution in [0.2, 0.25) is 0 Å². The van der Waals surface area contributed by atoms with Gasteiger partial charge in [-0.1, -0.05) is 30.3 Å². The largest absolute Gasteiger partial charge is 0.392 e. The predicted molar refractivity (Wildman–Crippen MR) is 73.6 cm³/mol. The summed E-state index contributed by atoms with van der Waals surface area (Å²) in [5.74, 6) is -1.21.